The maximum atomic E-state index is 13.4. The van der Waals surface area contributed by atoms with Crippen LogP contribution in [0.2, 0.25) is 18.1 Å². The molecule has 0 bridgehead atoms. The Hall–Kier alpha value is -1.55. The molecular weight excluding hydrogens is 349 g/mol. The summed E-state index contributed by atoms with van der Waals surface area (Å²) in [6.45, 7) is 2.30. The Bertz CT molecular complexity index is 696. The molecule has 140 valence electrons. The lowest BCUT2D eigenvalue weighted by Crippen LogP contribution is -2.21. The van der Waals surface area contributed by atoms with Crippen LogP contribution in [0, 0.1) is 23.4 Å². The van der Waals surface area contributed by atoms with Crippen LogP contribution >= 0.6 is 0 Å². The van der Waals surface area contributed by atoms with Gasteiger partial charge in [-0.3, -0.25) is 0 Å². The van der Waals surface area contributed by atoms with Crippen molar-refractivity contribution in [2.24, 2.45) is 5.92 Å². The summed E-state index contributed by atoms with van der Waals surface area (Å²) in [5.41, 5.74) is 2.33. The molecule has 0 nitrogen and oxygen atoms in total. The molecular formula is C22H27F3Si. The molecule has 1 heterocycles. The van der Waals surface area contributed by atoms with Crippen molar-refractivity contribution in [1.29, 1.82) is 0 Å². The number of aryl methyl sites for hydroxylation is 1. The highest BCUT2D eigenvalue weighted by molar-refractivity contribution is 6.58. The summed E-state index contributed by atoms with van der Waals surface area (Å²) in [5, 5.41) is 0. The van der Waals surface area contributed by atoms with Gasteiger partial charge in [0.15, 0.2) is 17.5 Å². The SMILES string of the molecule is CCC[Si@H]1CC[C@H](CCc2ccc(-c3cc(F)c(F)c(F)c3)cc2)CC1. The fraction of sp³-hybridized carbons (Fsp3) is 0.455. The summed E-state index contributed by atoms with van der Waals surface area (Å²) in [6.07, 6.45) is 6.45. The largest absolute Gasteiger partial charge is 0.204 e. The molecule has 2 aromatic carbocycles. The first kappa shape index (κ1) is 19.2. The van der Waals surface area contributed by atoms with Gasteiger partial charge in [0.2, 0.25) is 0 Å². The van der Waals surface area contributed by atoms with Crippen LogP contribution < -0.4 is 0 Å². The minimum absolute atomic E-state index is 0.368. The number of rotatable bonds is 6. The second-order valence-electron chi connectivity index (χ2n) is 7.66. The Morgan fingerprint density at radius 3 is 2.12 bits per heavy atom. The summed E-state index contributed by atoms with van der Waals surface area (Å²) < 4.78 is 39.9. The van der Waals surface area contributed by atoms with E-state index in [-0.39, 0.29) is 0 Å². The molecule has 0 amide bonds. The Balaban J connectivity index is 1.55. The number of hydrogen-bond acceptors (Lipinski definition) is 0. The highest BCUT2D eigenvalue weighted by Crippen LogP contribution is 2.31. The molecule has 26 heavy (non-hydrogen) atoms. The first-order valence-electron chi connectivity index (χ1n) is 9.80. The lowest BCUT2D eigenvalue weighted by atomic mass is 9.93. The van der Waals surface area contributed by atoms with E-state index in [4.69, 9.17) is 0 Å². The highest BCUT2D eigenvalue weighted by atomic mass is 28.3. The number of halogens is 3. The third-order valence-electron chi connectivity index (χ3n) is 5.78. The van der Waals surface area contributed by atoms with Crippen molar-refractivity contribution >= 4 is 8.80 Å². The zero-order valence-corrected chi connectivity index (χ0v) is 16.6. The van der Waals surface area contributed by atoms with Gasteiger partial charge in [0.05, 0.1) is 0 Å². The molecule has 0 saturated carbocycles. The van der Waals surface area contributed by atoms with Crippen molar-refractivity contribution < 1.29 is 13.2 Å². The Kier molecular flexibility index (Phi) is 6.57. The molecule has 0 N–H and O–H groups in total. The molecule has 4 heteroatoms. The maximum Gasteiger partial charge on any atom is 0.194 e. The quantitative estimate of drug-likeness (QED) is 0.386. The third kappa shape index (κ3) is 4.79. The molecule has 2 aromatic rings. The Morgan fingerprint density at radius 1 is 0.923 bits per heavy atom. The fourth-order valence-electron chi connectivity index (χ4n) is 4.17. The molecule has 1 fully saturated rings. The van der Waals surface area contributed by atoms with E-state index < -0.39 is 26.2 Å². The van der Waals surface area contributed by atoms with Gasteiger partial charge in [0, 0.05) is 8.80 Å². The van der Waals surface area contributed by atoms with Crippen LogP contribution in [0.15, 0.2) is 36.4 Å². The van der Waals surface area contributed by atoms with Crippen LogP contribution in [0.3, 0.4) is 0 Å². The van der Waals surface area contributed by atoms with Crippen molar-refractivity contribution in [1.82, 2.24) is 0 Å². The van der Waals surface area contributed by atoms with Gasteiger partial charge in [-0.25, -0.2) is 13.2 Å². The smallest absolute Gasteiger partial charge is 0.194 e. The van der Waals surface area contributed by atoms with E-state index in [9.17, 15) is 13.2 Å². The molecule has 0 aliphatic carbocycles. The Morgan fingerprint density at radius 2 is 1.54 bits per heavy atom. The van der Waals surface area contributed by atoms with Crippen LogP contribution in [0.4, 0.5) is 13.2 Å². The molecule has 0 unspecified atom stereocenters. The Labute approximate surface area is 156 Å². The minimum atomic E-state index is -1.41. The summed E-state index contributed by atoms with van der Waals surface area (Å²) in [7, 11) is -0.405. The van der Waals surface area contributed by atoms with Gasteiger partial charge in [-0.2, -0.15) is 0 Å². The fourth-order valence-corrected chi connectivity index (χ4v) is 7.74. The number of hydrogen-bond donors (Lipinski definition) is 0. The highest BCUT2D eigenvalue weighted by Gasteiger charge is 2.21. The molecule has 1 aliphatic rings. The molecule has 1 saturated heterocycles. The van der Waals surface area contributed by atoms with E-state index in [0.29, 0.717) is 11.1 Å². The van der Waals surface area contributed by atoms with Gasteiger partial charge in [0.25, 0.3) is 0 Å². The van der Waals surface area contributed by atoms with Crippen LogP contribution in [-0.4, -0.2) is 8.80 Å². The van der Waals surface area contributed by atoms with E-state index in [1.165, 1.54) is 49.4 Å². The molecule has 1 aliphatic heterocycles. The molecule has 0 atom stereocenters. The van der Waals surface area contributed by atoms with Gasteiger partial charge in [-0.1, -0.05) is 68.6 Å². The average Bonchev–Trinajstić information content (AvgIpc) is 2.66. The van der Waals surface area contributed by atoms with Gasteiger partial charge >= 0.3 is 0 Å². The third-order valence-corrected chi connectivity index (χ3v) is 9.47. The second-order valence-corrected chi connectivity index (χ2v) is 11.1. The van der Waals surface area contributed by atoms with Crippen LogP contribution in [0.5, 0.6) is 0 Å². The van der Waals surface area contributed by atoms with Crippen molar-refractivity contribution in [3.63, 3.8) is 0 Å². The van der Waals surface area contributed by atoms with E-state index in [1.807, 2.05) is 24.3 Å². The van der Waals surface area contributed by atoms with E-state index >= 15 is 0 Å². The van der Waals surface area contributed by atoms with E-state index in [1.54, 1.807) is 0 Å². The molecule has 3 rings (SSSR count). The summed E-state index contributed by atoms with van der Waals surface area (Å²) in [4.78, 5) is 0. The molecule has 0 aromatic heterocycles. The second kappa shape index (κ2) is 8.89. The van der Waals surface area contributed by atoms with Crippen molar-refractivity contribution in [3.8, 4) is 11.1 Å². The summed E-state index contributed by atoms with van der Waals surface area (Å²) in [6, 6.07) is 14.4. The monoisotopic (exact) mass is 376 g/mol. The van der Waals surface area contributed by atoms with Gasteiger partial charge < -0.3 is 0 Å². The first-order chi connectivity index (χ1) is 12.6. The topological polar surface area (TPSA) is 0 Å². The minimum Gasteiger partial charge on any atom is -0.204 e. The van der Waals surface area contributed by atoms with Gasteiger partial charge in [0.1, 0.15) is 0 Å². The van der Waals surface area contributed by atoms with Gasteiger partial charge in [-0.05, 0) is 47.6 Å². The zero-order chi connectivity index (χ0) is 18.5. The van der Waals surface area contributed by atoms with Crippen LogP contribution in [-0.2, 0) is 6.42 Å². The summed E-state index contributed by atoms with van der Waals surface area (Å²) in [5.74, 6) is -2.85. The lowest BCUT2D eigenvalue weighted by Gasteiger charge is -2.27. The first-order valence-corrected chi connectivity index (χ1v) is 12.3. The van der Waals surface area contributed by atoms with Crippen molar-refractivity contribution in [3.05, 3.63) is 59.4 Å². The van der Waals surface area contributed by atoms with E-state index in [2.05, 4.69) is 6.92 Å². The number of benzene rings is 2. The van der Waals surface area contributed by atoms with Gasteiger partial charge in [-0.15, -0.1) is 0 Å². The standard InChI is InChI=1S/C22H27F3Si/c1-2-11-26-12-9-17(10-13-26)4-3-16-5-7-18(8-6-16)19-14-20(23)22(25)21(24)15-19/h5-8,14-15,17,26H,2-4,9-13H2,1H3/t17-,26-. The maximum absolute atomic E-state index is 13.4. The summed E-state index contributed by atoms with van der Waals surface area (Å²) >= 11 is 0. The van der Waals surface area contributed by atoms with Crippen LogP contribution in [0.1, 0.15) is 38.2 Å². The molecule has 0 radical (unpaired) electrons. The van der Waals surface area contributed by atoms with Crippen molar-refractivity contribution in [2.75, 3.05) is 0 Å². The lowest BCUT2D eigenvalue weighted by molar-refractivity contribution is 0.437. The normalized spacial score (nSPS) is 20.3. The van der Waals surface area contributed by atoms with Crippen molar-refractivity contribution in [2.45, 2.75) is 57.2 Å². The van der Waals surface area contributed by atoms with E-state index in [0.717, 1.165) is 24.5 Å². The average molecular weight is 377 g/mol. The molecule has 0 spiro atoms. The van der Waals surface area contributed by atoms with Crippen LogP contribution in [0.25, 0.3) is 11.1 Å². The predicted octanol–water partition coefficient (Wildman–Crippen LogP) is 6.75. The predicted molar refractivity (Wildman–Crippen MR) is 105 cm³/mol. The zero-order valence-electron chi connectivity index (χ0n) is 15.4.